The van der Waals surface area contributed by atoms with E-state index in [1.165, 1.54) is 17.5 Å². The summed E-state index contributed by atoms with van der Waals surface area (Å²) in [4.78, 5) is 2.49. The number of aromatic hydroxyl groups is 1. The van der Waals surface area contributed by atoms with Gasteiger partial charge in [0.1, 0.15) is 17.1 Å². The third kappa shape index (κ3) is 4.96. The van der Waals surface area contributed by atoms with Crippen molar-refractivity contribution in [1.29, 1.82) is 0 Å². The Hall–Kier alpha value is -2.26. The number of rotatable bonds is 9. The van der Waals surface area contributed by atoms with Gasteiger partial charge in [0, 0.05) is 23.5 Å². The van der Waals surface area contributed by atoms with Gasteiger partial charge in [-0.15, -0.1) is 0 Å². The lowest BCUT2D eigenvalue weighted by molar-refractivity contribution is 0.205. The largest absolute Gasteiger partial charge is 0.508 e. The first kappa shape index (κ1) is 20.5. The third-order valence-corrected chi connectivity index (χ3v) is 5.89. The Morgan fingerprint density at radius 1 is 1.11 bits per heavy atom. The van der Waals surface area contributed by atoms with E-state index in [0.717, 1.165) is 42.5 Å². The molecule has 0 spiro atoms. The van der Waals surface area contributed by atoms with Crippen LogP contribution in [-0.4, -0.2) is 29.6 Å². The second kappa shape index (κ2) is 9.29. The maximum atomic E-state index is 9.84. The summed E-state index contributed by atoms with van der Waals surface area (Å²) in [7, 11) is 2.23. The van der Waals surface area contributed by atoms with Crippen molar-refractivity contribution < 1.29 is 9.52 Å². The van der Waals surface area contributed by atoms with Gasteiger partial charge in [-0.2, -0.15) is 0 Å². The van der Waals surface area contributed by atoms with Crippen LogP contribution in [0.4, 0.5) is 0 Å². The predicted octanol–water partition coefficient (Wildman–Crippen LogP) is 5.97. The van der Waals surface area contributed by atoms with Gasteiger partial charge in [0.2, 0.25) is 0 Å². The van der Waals surface area contributed by atoms with Crippen LogP contribution in [0.1, 0.15) is 43.6 Å². The minimum absolute atomic E-state index is 0.295. The number of benzene rings is 2. The van der Waals surface area contributed by atoms with E-state index >= 15 is 0 Å². The normalized spacial score (nSPS) is 13.9. The molecule has 2 atom stereocenters. The molecule has 0 radical (unpaired) electrons. The van der Waals surface area contributed by atoms with Gasteiger partial charge in [0.05, 0.1) is 0 Å². The molecule has 0 aliphatic carbocycles. The molecule has 0 amide bonds. The maximum absolute atomic E-state index is 9.84. The van der Waals surface area contributed by atoms with Gasteiger partial charge in [-0.1, -0.05) is 44.2 Å². The van der Waals surface area contributed by atoms with Crippen molar-refractivity contribution in [2.24, 2.45) is 5.92 Å². The molecule has 3 heteroatoms. The zero-order valence-electron chi connectivity index (χ0n) is 17.6. The molecule has 1 aromatic heterocycles. The Bertz CT molecular complexity index is 884. The first-order chi connectivity index (χ1) is 13.5. The number of fused-ring (bicyclic) bond motifs is 1. The van der Waals surface area contributed by atoms with Crippen molar-refractivity contribution in [1.82, 2.24) is 4.90 Å². The molecule has 0 aliphatic heterocycles. The summed E-state index contributed by atoms with van der Waals surface area (Å²) in [6, 6.07) is 16.7. The lowest BCUT2D eigenvalue weighted by Gasteiger charge is -2.29. The number of phenols is 1. The minimum Gasteiger partial charge on any atom is -0.508 e. The van der Waals surface area contributed by atoms with Crippen molar-refractivity contribution in [2.45, 2.75) is 52.5 Å². The summed E-state index contributed by atoms with van der Waals surface area (Å²) in [5.41, 5.74) is 3.49. The van der Waals surface area contributed by atoms with E-state index in [4.69, 9.17) is 4.42 Å². The first-order valence-electron chi connectivity index (χ1n) is 10.4. The van der Waals surface area contributed by atoms with Crippen LogP contribution < -0.4 is 0 Å². The number of likely N-dealkylation sites (N-methyl/N-ethyl adjacent to an activating group) is 1. The van der Waals surface area contributed by atoms with Crippen LogP contribution in [0.3, 0.4) is 0 Å². The van der Waals surface area contributed by atoms with Gasteiger partial charge < -0.3 is 14.4 Å². The van der Waals surface area contributed by atoms with Crippen molar-refractivity contribution >= 4 is 11.0 Å². The lowest BCUT2D eigenvalue weighted by atomic mass is 9.92. The molecule has 0 bridgehead atoms. The molecule has 3 nitrogen and oxygen atoms in total. The van der Waals surface area contributed by atoms with Gasteiger partial charge in [0.25, 0.3) is 0 Å². The highest BCUT2D eigenvalue weighted by Gasteiger charge is 2.18. The summed E-state index contributed by atoms with van der Waals surface area (Å²) < 4.78 is 5.87. The second-order valence-electron chi connectivity index (χ2n) is 8.14. The van der Waals surface area contributed by atoms with Crippen molar-refractivity contribution in [3.8, 4) is 5.75 Å². The highest BCUT2D eigenvalue weighted by molar-refractivity contribution is 5.83. The van der Waals surface area contributed by atoms with Crippen LogP contribution in [0.25, 0.3) is 11.0 Å². The van der Waals surface area contributed by atoms with E-state index in [2.05, 4.69) is 56.1 Å². The SMILES string of the molecule is CCC(C[C@@H](C)Cc1ccccc1)N(C)CCc1c(C)oc2ccc(O)cc12. The van der Waals surface area contributed by atoms with Gasteiger partial charge >= 0.3 is 0 Å². The van der Waals surface area contributed by atoms with Crippen LogP contribution in [0.15, 0.2) is 52.9 Å². The molecule has 150 valence electrons. The molecular formula is C25H33NO2. The Morgan fingerprint density at radius 3 is 2.57 bits per heavy atom. The smallest absolute Gasteiger partial charge is 0.134 e. The monoisotopic (exact) mass is 379 g/mol. The molecule has 1 heterocycles. The Labute approximate surface area is 169 Å². The highest BCUT2D eigenvalue weighted by atomic mass is 16.3. The number of hydrogen-bond acceptors (Lipinski definition) is 3. The zero-order chi connectivity index (χ0) is 20.1. The molecule has 3 rings (SSSR count). The third-order valence-electron chi connectivity index (χ3n) is 5.89. The Morgan fingerprint density at radius 2 is 1.86 bits per heavy atom. The summed E-state index contributed by atoms with van der Waals surface area (Å²) in [6.07, 6.45) is 4.42. The second-order valence-corrected chi connectivity index (χ2v) is 8.14. The summed E-state index contributed by atoms with van der Waals surface area (Å²) in [5, 5.41) is 10.9. The molecule has 3 aromatic rings. The zero-order valence-corrected chi connectivity index (χ0v) is 17.6. The van der Waals surface area contributed by atoms with Crippen molar-refractivity contribution in [3.05, 3.63) is 65.4 Å². The van der Waals surface area contributed by atoms with E-state index in [1.54, 1.807) is 6.07 Å². The van der Waals surface area contributed by atoms with E-state index in [9.17, 15) is 5.11 Å². The Kier molecular flexibility index (Phi) is 6.79. The van der Waals surface area contributed by atoms with Gasteiger partial charge in [-0.25, -0.2) is 0 Å². The molecule has 0 fully saturated rings. The minimum atomic E-state index is 0.295. The highest BCUT2D eigenvalue weighted by Crippen LogP contribution is 2.29. The molecule has 0 saturated heterocycles. The van der Waals surface area contributed by atoms with Crippen LogP contribution in [0, 0.1) is 12.8 Å². The fraction of sp³-hybridized carbons (Fsp3) is 0.440. The van der Waals surface area contributed by atoms with Crippen LogP contribution >= 0.6 is 0 Å². The van der Waals surface area contributed by atoms with Crippen LogP contribution in [-0.2, 0) is 12.8 Å². The standard InChI is InChI=1S/C25H33NO2/c1-5-21(16-18(2)15-20-9-7-6-8-10-20)26(4)14-13-23-19(3)28-25-12-11-22(27)17-24(23)25/h6-12,17-18,21,27H,5,13-16H2,1-4H3/t18-,21?/m0/s1. The molecule has 28 heavy (non-hydrogen) atoms. The van der Waals surface area contributed by atoms with E-state index in [-0.39, 0.29) is 0 Å². The van der Waals surface area contributed by atoms with Crippen molar-refractivity contribution in [2.75, 3.05) is 13.6 Å². The van der Waals surface area contributed by atoms with Crippen LogP contribution in [0.2, 0.25) is 0 Å². The molecule has 2 aromatic carbocycles. The summed E-state index contributed by atoms with van der Waals surface area (Å²) in [5.74, 6) is 1.91. The topological polar surface area (TPSA) is 36.6 Å². The first-order valence-corrected chi connectivity index (χ1v) is 10.4. The molecular weight excluding hydrogens is 346 g/mol. The molecule has 1 unspecified atom stereocenters. The Balaban J connectivity index is 1.60. The molecule has 1 N–H and O–H groups in total. The van der Waals surface area contributed by atoms with E-state index in [1.807, 2.05) is 19.1 Å². The van der Waals surface area contributed by atoms with Crippen molar-refractivity contribution in [3.63, 3.8) is 0 Å². The fourth-order valence-corrected chi connectivity index (χ4v) is 4.26. The van der Waals surface area contributed by atoms with Gasteiger partial charge in [-0.3, -0.25) is 0 Å². The number of aryl methyl sites for hydroxylation is 1. The quantitative estimate of drug-likeness (QED) is 0.498. The van der Waals surface area contributed by atoms with E-state index < -0.39 is 0 Å². The number of nitrogens with zero attached hydrogens (tertiary/aromatic N) is 1. The lowest BCUT2D eigenvalue weighted by Crippen LogP contribution is -2.34. The number of phenolic OH excluding ortho intramolecular Hbond substituents is 1. The molecule has 0 aliphatic rings. The molecule has 0 saturated carbocycles. The van der Waals surface area contributed by atoms with Gasteiger partial charge in [-0.05, 0) is 69.3 Å². The average Bonchev–Trinajstić information content (AvgIpc) is 2.99. The predicted molar refractivity (Wildman–Crippen MR) is 117 cm³/mol. The summed E-state index contributed by atoms with van der Waals surface area (Å²) in [6.45, 7) is 7.65. The summed E-state index contributed by atoms with van der Waals surface area (Å²) >= 11 is 0. The number of furan rings is 1. The van der Waals surface area contributed by atoms with Crippen LogP contribution in [0.5, 0.6) is 5.75 Å². The maximum Gasteiger partial charge on any atom is 0.134 e. The number of hydrogen-bond donors (Lipinski definition) is 1. The average molecular weight is 380 g/mol. The van der Waals surface area contributed by atoms with Gasteiger partial charge in [0.15, 0.2) is 0 Å². The fourth-order valence-electron chi connectivity index (χ4n) is 4.26. The van der Waals surface area contributed by atoms with E-state index in [0.29, 0.717) is 17.7 Å².